The molecule has 2 aromatic heterocycles. The second-order valence-electron chi connectivity index (χ2n) is 4.88. The highest BCUT2D eigenvalue weighted by Crippen LogP contribution is 2.32. The van der Waals surface area contributed by atoms with Crippen LogP contribution in [-0.2, 0) is 4.79 Å². The van der Waals surface area contributed by atoms with E-state index in [0.29, 0.717) is 9.47 Å². The van der Waals surface area contributed by atoms with Gasteiger partial charge in [-0.15, -0.1) is 22.7 Å². The number of carbonyl (C=O) groups is 2. The summed E-state index contributed by atoms with van der Waals surface area (Å²) in [4.78, 5) is 29.0. The second kappa shape index (κ2) is 7.73. The Hall–Kier alpha value is -2.29. The molecule has 0 saturated carbocycles. The van der Waals surface area contributed by atoms with Crippen molar-refractivity contribution in [2.24, 2.45) is 0 Å². The van der Waals surface area contributed by atoms with Gasteiger partial charge in [-0.05, 0) is 30.3 Å². The smallest absolute Gasteiger partial charge is 0.251 e. The molecule has 0 spiro atoms. The minimum Gasteiger partial charge on any atom is -0.343 e. The van der Waals surface area contributed by atoms with Crippen LogP contribution in [0.3, 0.4) is 0 Å². The summed E-state index contributed by atoms with van der Waals surface area (Å²) >= 11 is 8.56. The van der Waals surface area contributed by atoms with Crippen LogP contribution in [0.1, 0.15) is 10.4 Å². The van der Waals surface area contributed by atoms with Crippen LogP contribution >= 0.6 is 34.3 Å². The number of anilines is 1. The maximum absolute atomic E-state index is 13.1. The number of aromatic nitrogens is 1. The summed E-state index contributed by atoms with van der Waals surface area (Å²) in [6, 6.07) is 8.87. The molecule has 9 heteroatoms. The summed E-state index contributed by atoms with van der Waals surface area (Å²) in [5.41, 5.74) is 0.875. The summed E-state index contributed by atoms with van der Waals surface area (Å²) in [6.07, 6.45) is 0. The lowest BCUT2D eigenvalue weighted by Crippen LogP contribution is -2.32. The molecule has 0 atom stereocenters. The van der Waals surface area contributed by atoms with E-state index in [0.717, 1.165) is 16.6 Å². The average Bonchev–Trinajstić information content (AvgIpc) is 3.21. The molecule has 128 valence electrons. The van der Waals surface area contributed by atoms with Crippen molar-refractivity contribution in [1.82, 2.24) is 10.3 Å². The van der Waals surface area contributed by atoms with Gasteiger partial charge in [0.2, 0.25) is 5.91 Å². The van der Waals surface area contributed by atoms with E-state index >= 15 is 0 Å². The quantitative estimate of drug-likeness (QED) is 0.685. The monoisotopic (exact) mass is 395 g/mol. The van der Waals surface area contributed by atoms with Crippen molar-refractivity contribution in [3.05, 3.63) is 57.5 Å². The summed E-state index contributed by atoms with van der Waals surface area (Å²) < 4.78 is 13.7. The van der Waals surface area contributed by atoms with Gasteiger partial charge in [0.1, 0.15) is 5.82 Å². The minimum atomic E-state index is -0.525. The molecule has 0 aliphatic rings. The Morgan fingerprint density at radius 3 is 2.80 bits per heavy atom. The van der Waals surface area contributed by atoms with Crippen LogP contribution in [-0.4, -0.2) is 23.3 Å². The predicted octanol–water partition coefficient (Wildman–Crippen LogP) is 4.03. The zero-order chi connectivity index (χ0) is 17.8. The second-order valence-corrected chi connectivity index (χ2v) is 7.46. The fourth-order valence-corrected chi connectivity index (χ4v) is 3.76. The third-order valence-corrected chi connectivity index (χ3v) is 5.08. The largest absolute Gasteiger partial charge is 0.343 e. The van der Waals surface area contributed by atoms with Crippen LogP contribution in [0.25, 0.3) is 10.6 Å². The van der Waals surface area contributed by atoms with Crippen LogP contribution in [0.5, 0.6) is 0 Å². The van der Waals surface area contributed by atoms with E-state index in [2.05, 4.69) is 15.6 Å². The zero-order valence-corrected chi connectivity index (χ0v) is 15.0. The fraction of sp³-hybridized carbons (Fsp3) is 0.0625. The van der Waals surface area contributed by atoms with Gasteiger partial charge in [-0.25, -0.2) is 9.37 Å². The van der Waals surface area contributed by atoms with E-state index in [4.69, 9.17) is 11.6 Å². The number of halogens is 2. The molecule has 3 aromatic rings. The Labute approximate surface area is 155 Å². The topological polar surface area (TPSA) is 71.1 Å². The van der Waals surface area contributed by atoms with Crippen molar-refractivity contribution >= 4 is 51.2 Å². The summed E-state index contributed by atoms with van der Waals surface area (Å²) in [5, 5.41) is 7.27. The molecular formula is C16H11ClFN3O2S2. The number of carbonyl (C=O) groups excluding carboxylic acids is 2. The molecule has 0 saturated heterocycles. The van der Waals surface area contributed by atoms with Crippen LogP contribution in [0, 0.1) is 5.82 Å². The summed E-state index contributed by atoms with van der Waals surface area (Å²) in [6.45, 7) is -0.241. The standard InChI is InChI=1S/C16H11ClFN3O2S2/c17-13-5-4-12(25-13)11-8-24-16(20-11)21-14(22)7-19-15(23)9-2-1-3-10(18)6-9/h1-6,8H,7H2,(H,19,23)(H,20,21,22). The van der Waals surface area contributed by atoms with Crippen molar-refractivity contribution in [2.45, 2.75) is 0 Å². The number of hydrogen-bond acceptors (Lipinski definition) is 5. The Kier molecular flexibility index (Phi) is 5.42. The van der Waals surface area contributed by atoms with Crippen molar-refractivity contribution < 1.29 is 14.0 Å². The van der Waals surface area contributed by atoms with Crippen LogP contribution in [0.4, 0.5) is 9.52 Å². The molecule has 2 heterocycles. The SMILES string of the molecule is O=C(CNC(=O)c1cccc(F)c1)Nc1nc(-c2ccc(Cl)s2)cs1. The third-order valence-electron chi connectivity index (χ3n) is 3.07. The van der Waals surface area contributed by atoms with Gasteiger partial charge in [0.05, 0.1) is 21.5 Å². The van der Waals surface area contributed by atoms with Crippen LogP contribution in [0.2, 0.25) is 4.34 Å². The van der Waals surface area contributed by atoms with E-state index in [1.807, 2.05) is 11.4 Å². The number of nitrogens with zero attached hydrogens (tertiary/aromatic N) is 1. The third kappa shape index (κ3) is 4.62. The van der Waals surface area contributed by atoms with E-state index < -0.39 is 17.6 Å². The van der Waals surface area contributed by atoms with Gasteiger partial charge >= 0.3 is 0 Å². The molecule has 0 unspecified atom stereocenters. The first-order valence-electron chi connectivity index (χ1n) is 7.06. The molecule has 0 radical (unpaired) electrons. The number of benzene rings is 1. The molecule has 3 rings (SSSR count). The highest BCUT2D eigenvalue weighted by Gasteiger charge is 2.12. The van der Waals surface area contributed by atoms with Gasteiger partial charge in [-0.3, -0.25) is 9.59 Å². The van der Waals surface area contributed by atoms with Crippen molar-refractivity contribution in [3.63, 3.8) is 0 Å². The molecule has 0 aliphatic carbocycles. The zero-order valence-electron chi connectivity index (χ0n) is 12.6. The molecule has 0 fully saturated rings. The lowest BCUT2D eigenvalue weighted by molar-refractivity contribution is -0.115. The Bertz CT molecular complexity index is 926. The molecule has 5 nitrogen and oxygen atoms in total. The van der Waals surface area contributed by atoms with Gasteiger partial charge in [-0.1, -0.05) is 17.7 Å². The first kappa shape index (κ1) is 17.5. The number of amides is 2. The maximum atomic E-state index is 13.1. The number of thiophene rings is 1. The maximum Gasteiger partial charge on any atom is 0.251 e. The first-order chi connectivity index (χ1) is 12.0. The lowest BCUT2D eigenvalue weighted by atomic mass is 10.2. The number of hydrogen-bond donors (Lipinski definition) is 2. The minimum absolute atomic E-state index is 0.152. The predicted molar refractivity (Wildman–Crippen MR) is 97.8 cm³/mol. The molecule has 0 bridgehead atoms. The molecule has 2 amide bonds. The van der Waals surface area contributed by atoms with Gasteiger partial charge < -0.3 is 10.6 Å². The highest BCUT2D eigenvalue weighted by molar-refractivity contribution is 7.20. The summed E-state index contributed by atoms with van der Waals surface area (Å²) in [7, 11) is 0. The van der Waals surface area contributed by atoms with Gasteiger partial charge in [-0.2, -0.15) is 0 Å². The number of nitrogens with one attached hydrogen (secondary N) is 2. The fourth-order valence-electron chi connectivity index (χ4n) is 1.95. The first-order valence-corrected chi connectivity index (χ1v) is 9.13. The molecule has 1 aromatic carbocycles. The van der Waals surface area contributed by atoms with E-state index in [-0.39, 0.29) is 12.1 Å². The molecule has 0 aliphatic heterocycles. The Morgan fingerprint density at radius 1 is 1.24 bits per heavy atom. The number of rotatable bonds is 5. The van der Waals surface area contributed by atoms with Crippen molar-refractivity contribution in [3.8, 4) is 10.6 Å². The van der Waals surface area contributed by atoms with E-state index in [1.54, 1.807) is 6.07 Å². The van der Waals surface area contributed by atoms with Crippen LogP contribution in [0.15, 0.2) is 41.8 Å². The Balaban J connectivity index is 1.54. The Morgan fingerprint density at radius 2 is 2.08 bits per heavy atom. The van der Waals surface area contributed by atoms with Gasteiger partial charge in [0, 0.05) is 10.9 Å². The lowest BCUT2D eigenvalue weighted by Gasteiger charge is -2.05. The highest BCUT2D eigenvalue weighted by atomic mass is 35.5. The number of thiazole rings is 1. The normalized spacial score (nSPS) is 10.5. The molecule has 2 N–H and O–H groups in total. The van der Waals surface area contributed by atoms with E-state index in [9.17, 15) is 14.0 Å². The van der Waals surface area contributed by atoms with Crippen LogP contribution < -0.4 is 10.6 Å². The van der Waals surface area contributed by atoms with Gasteiger partial charge in [0.25, 0.3) is 5.91 Å². The average molecular weight is 396 g/mol. The van der Waals surface area contributed by atoms with Crippen molar-refractivity contribution in [1.29, 1.82) is 0 Å². The van der Waals surface area contributed by atoms with E-state index in [1.165, 1.54) is 40.9 Å². The summed E-state index contributed by atoms with van der Waals surface area (Å²) in [5.74, 6) is -1.46. The molecule has 25 heavy (non-hydrogen) atoms. The van der Waals surface area contributed by atoms with Gasteiger partial charge in [0.15, 0.2) is 5.13 Å². The molecular weight excluding hydrogens is 385 g/mol. The van der Waals surface area contributed by atoms with Crippen molar-refractivity contribution in [2.75, 3.05) is 11.9 Å².